The molecule has 0 aliphatic rings. The summed E-state index contributed by atoms with van der Waals surface area (Å²) < 4.78 is 4.83. The van der Waals surface area contributed by atoms with E-state index in [9.17, 15) is 4.79 Å². The molecule has 2 heteroatoms. The van der Waals surface area contributed by atoms with Crippen LogP contribution in [-0.2, 0) is 9.53 Å². The Kier molecular flexibility index (Phi) is 5.51. The van der Waals surface area contributed by atoms with Gasteiger partial charge in [-0.05, 0) is 32.1 Å². The highest BCUT2D eigenvalue weighted by Crippen LogP contribution is 2.23. The van der Waals surface area contributed by atoms with E-state index in [2.05, 4.69) is 20.8 Å². The fourth-order valence-electron chi connectivity index (χ4n) is 1.03. The SMILES string of the molecule is CCOC(=O)/C=C(/C)CCC(C)(C)C. The van der Waals surface area contributed by atoms with Crippen LogP contribution in [-0.4, -0.2) is 12.6 Å². The van der Waals surface area contributed by atoms with Crippen LogP contribution >= 0.6 is 0 Å². The van der Waals surface area contributed by atoms with E-state index in [0.717, 1.165) is 18.4 Å². The van der Waals surface area contributed by atoms with Gasteiger partial charge in [-0.1, -0.05) is 26.3 Å². The number of esters is 1. The van der Waals surface area contributed by atoms with Crippen LogP contribution in [0.5, 0.6) is 0 Å². The topological polar surface area (TPSA) is 26.3 Å². The molecule has 0 saturated heterocycles. The van der Waals surface area contributed by atoms with Crippen molar-refractivity contribution in [2.24, 2.45) is 5.41 Å². The van der Waals surface area contributed by atoms with Gasteiger partial charge in [0.15, 0.2) is 0 Å². The molecule has 0 saturated carbocycles. The third kappa shape index (κ3) is 7.84. The summed E-state index contributed by atoms with van der Waals surface area (Å²) in [6, 6.07) is 0. The number of allylic oxidation sites excluding steroid dienone is 1. The van der Waals surface area contributed by atoms with Crippen LogP contribution in [0.1, 0.15) is 47.5 Å². The van der Waals surface area contributed by atoms with Gasteiger partial charge in [-0.3, -0.25) is 0 Å². The number of carbonyl (C=O) groups excluding carboxylic acids is 1. The zero-order chi connectivity index (χ0) is 11.2. The van der Waals surface area contributed by atoms with E-state index in [-0.39, 0.29) is 5.97 Å². The van der Waals surface area contributed by atoms with Gasteiger partial charge in [-0.15, -0.1) is 0 Å². The van der Waals surface area contributed by atoms with Gasteiger partial charge in [0.2, 0.25) is 0 Å². The largest absolute Gasteiger partial charge is 0.463 e. The van der Waals surface area contributed by atoms with Crippen molar-refractivity contribution in [3.63, 3.8) is 0 Å². The number of hydrogen-bond donors (Lipinski definition) is 0. The quantitative estimate of drug-likeness (QED) is 0.511. The van der Waals surface area contributed by atoms with Crippen LogP contribution in [0, 0.1) is 5.41 Å². The molecular weight excluding hydrogens is 176 g/mol. The van der Waals surface area contributed by atoms with E-state index in [0.29, 0.717) is 12.0 Å². The molecule has 82 valence electrons. The molecule has 0 bridgehead atoms. The molecule has 0 spiro atoms. The molecule has 0 unspecified atom stereocenters. The number of hydrogen-bond acceptors (Lipinski definition) is 2. The lowest BCUT2D eigenvalue weighted by molar-refractivity contribution is -0.137. The smallest absolute Gasteiger partial charge is 0.330 e. The Labute approximate surface area is 87.3 Å². The first-order valence-corrected chi connectivity index (χ1v) is 5.19. The molecule has 0 amide bonds. The van der Waals surface area contributed by atoms with E-state index in [1.165, 1.54) is 0 Å². The van der Waals surface area contributed by atoms with Crippen molar-refractivity contribution in [3.05, 3.63) is 11.6 Å². The van der Waals surface area contributed by atoms with Crippen molar-refractivity contribution in [1.82, 2.24) is 0 Å². The van der Waals surface area contributed by atoms with Crippen LogP contribution in [0.4, 0.5) is 0 Å². The van der Waals surface area contributed by atoms with Crippen LogP contribution < -0.4 is 0 Å². The van der Waals surface area contributed by atoms with Crippen molar-refractivity contribution in [3.8, 4) is 0 Å². The number of ether oxygens (including phenoxy) is 1. The standard InChI is InChI=1S/C12H22O2/c1-6-14-11(13)9-10(2)7-8-12(3,4)5/h9H,6-8H2,1-5H3/b10-9-. The molecule has 0 aromatic rings. The van der Waals surface area contributed by atoms with Gasteiger partial charge >= 0.3 is 5.97 Å². The summed E-state index contributed by atoms with van der Waals surface area (Å²) >= 11 is 0. The molecule has 2 nitrogen and oxygen atoms in total. The summed E-state index contributed by atoms with van der Waals surface area (Å²) in [7, 11) is 0. The third-order valence-corrected chi connectivity index (χ3v) is 1.92. The molecule has 0 aromatic carbocycles. The lowest BCUT2D eigenvalue weighted by Crippen LogP contribution is -2.05. The molecule has 0 radical (unpaired) electrons. The van der Waals surface area contributed by atoms with E-state index in [1.807, 2.05) is 13.8 Å². The Morgan fingerprint density at radius 3 is 2.36 bits per heavy atom. The maximum absolute atomic E-state index is 11.1. The molecule has 0 aliphatic carbocycles. The van der Waals surface area contributed by atoms with Gasteiger partial charge in [0.05, 0.1) is 6.61 Å². The van der Waals surface area contributed by atoms with E-state index < -0.39 is 0 Å². The molecular formula is C12H22O2. The average molecular weight is 198 g/mol. The number of rotatable bonds is 4. The Morgan fingerprint density at radius 1 is 1.36 bits per heavy atom. The fraction of sp³-hybridized carbons (Fsp3) is 0.750. The van der Waals surface area contributed by atoms with Gasteiger partial charge < -0.3 is 4.74 Å². The second kappa shape index (κ2) is 5.84. The van der Waals surface area contributed by atoms with Gasteiger partial charge in [-0.25, -0.2) is 4.79 Å². The highest BCUT2D eigenvalue weighted by atomic mass is 16.5. The second-order valence-corrected chi connectivity index (χ2v) is 4.80. The number of carbonyl (C=O) groups is 1. The van der Waals surface area contributed by atoms with Crippen molar-refractivity contribution >= 4 is 5.97 Å². The molecule has 0 atom stereocenters. The van der Waals surface area contributed by atoms with Crippen LogP contribution in [0.2, 0.25) is 0 Å². The average Bonchev–Trinajstić information content (AvgIpc) is 2.00. The summed E-state index contributed by atoms with van der Waals surface area (Å²) in [5.74, 6) is -0.223. The summed E-state index contributed by atoms with van der Waals surface area (Å²) in [6.45, 7) is 10.8. The van der Waals surface area contributed by atoms with Gasteiger partial charge in [-0.2, -0.15) is 0 Å². The lowest BCUT2D eigenvalue weighted by atomic mass is 9.89. The van der Waals surface area contributed by atoms with Gasteiger partial charge in [0, 0.05) is 6.08 Å². The molecule has 0 aromatic heterocycles. The first-order valence-electron chi connectivity index (χ1n) is 5.19. The summed E-state index contributed by atoms with van der Waals surface area (Å²) in [5, 5.41) is 0. The van der Waals surface area contributed by atoms with Crippen molar-refractivity contribution in [2.45, 2.75) is 47.5 Å². The molecule has 0 N–H and O–H groups in total. The normalized spacial score (nSPS) is 12.8. The summed E-state index contributed by atoms with van der Waals surface area (Å²) in [5.41, 5.74) is 1.42. The monoisotopic (exact) mass is 198 g/mol. The van der Waals surface area contributed by atoms with Crippen molar-refractivity contribution < 1.29 is 9.53 Å². The summed E-state index contributed by atoms with van der Waals surface area (Å²) in [4.78, 5) is 11.1. The van der Waals surface area contributed by atoms with Crippen molar-refractivity contribution in [1.29, 1.82) is 0 Å². The van der Waals surface area contributed by atoms with Gasteiger partial charge in [0.1, 0.15) is 0 Å². The predicted octanol–water partition coefficient (Wildman–Crippen LogP) is 3.32. The minimum atomic E-state index is -0.223. The third-order valence-electron chi connectivity index (χ3n) is 1.92. The molecule has 0 heterocycles. The minimum Gasteiger partial charge on any atom is -0.463 e. The van der Waals surface area contributed by atoms with E-state index >= 15 is 0 Å². The second-order valence-electron chi connectivity index (χ2n) is 4.80. The predicted molar refractivity (Wildman–Crippen MR) is 59.1 cm³/mol. The Balaban J connectivity index is 3.95. The molecule has 14 heavy (non-hydrogen) atoms. The maximum atomic E-state index is 11.1. The maximum Gasteiger partial charge on any atom is 0.330 e. The Morgan fingerprint density at radius 2 is 1.93 bits per heavy atom. The minimum absolute atomic E-state index is 0.223. The van der Waals surface area contributed by atoms with E-state index in [4.69, 9.17) is 4.74 Å². The van der Waals surface area contributed by atoms with Gasteiger partial charge in [0.25, 0.3) is 0 Å². The zero-order valence-electron chi connectivity index (χ0n) is 10.0. The van der Waals surface area contributed by atoms with Crippen LogP contribution in [0.15, 0.2) is 11.6 Å². The molecule has 0 rings (SSSR count). The lowest BCUT2D eigenvalue weighted by Gasteiger charge is -2.17. The highest BCUT2D eigenvalue weighted by molar-refractivity contribution is 5.82. The van der Waals surface area contributed by atoms with E-state index in [1.54, 1.807) is 6.08 Å². The van der Waals surface area contributed by atoms with Crippen LogP contribution in [0.25, 0.3) is 0 Å². The molecule has 0 fully saturated rings. The molecule has 0 aliphatic heterocycles. The fourth-order valence-corrected chi connectivity index (χ4v) is 1.03. The zero-order valence-corrected chi connectivity index (χ0v) is 10.0. The summed E-state index contributed by atoms with van der Waals surface area (Å²) in [6.07, 6.45) is 3.65. The van der Waals surface area contributed by atoms with Crippen LogP contribution in [0.3, 0.4) is 0 Å². The Hall–Kier alpha value is -0.790. The first-order chi connectivity index (χ1) is 6.35. The Bertz CT molecular complexity index is 209. The van der Waals surface area contributed by atoms with Crippen molar-refractivity contribution in [2.75, 3.05) is 6.61 Å². The first kappa shape index (κ1) is 13.2. The highest BCUT2D eigenvalue weighted by Gasteiger charge is 2.10.